The average Bonchev–Trinajstić information content (AvgIpc) is 3.06. The predicted octanol–water partition coefficient (Wildman–Crippen LogP) is 1.85. The molecular weight excluding hydrogens is 244 g/mol. The number of fused-ring (bicyclic) bond motifs is 1. The van der Waals surface area contributed by atoms with Gasteiger partial charge in [0, 0.05) is 0 Å². The van der Waals surface area contributed by atoms with Crippen LogP contribution in [0.1, 0.15) is 24.0 Å². The second-order valence-electron chi connectivity index (χ2n) is 4.68. The summed E-state index contributed by atoms with van der Waals surface area (Å²) in [5.74, 6) is -5.96. The largest absolute Gasteiger partial charge is 0.481 e. The van der Waals surface area contributed by atoms with Crippen molar-refractivity contribution in [3.05, 3.63) is 29.3 Å². The van der Waals surface area contributed by atoms with Crippen molar-refractivity contribution in [1.82, 2.24) is 0 Å². The molecule has 1 saturated carbocycles. The molecule has 0 aromatic heterocycles. The number of anilines is 1. The molecule has 1 aromatic carbocycles. The Balaban J connectivity index is 2.11. The molecule has 3 rings (SSSR count). The number of benzene rings is 1. The highest BCUT2D eigenvalue weighted by atomic mass is 19.3. The third-order valence-electron chi connectivity index (χ3n) is 3.60. The monoisotopic (exact) mass is 253 g/mol. The lowest BCUT2D eigenvalue weighted by molar-refractivity contribution is -0.140. The molecule has 0 radical (unpaired) electrons. The summed E-state index contributed by atoms with van der Waals surface area (Å²) >= 11 is 0. The zero-order chi connectivity index (χ0) is 13.1. The standard InChI is InChI=1S/C12H9F2NO3/c13-12(14)7-5-6(11(3-4-11)10(17)18)1-2-8(7)15-9(12)16/h1-2,5H,3-4H2,(H,15,16)(H,17,18). The van der Waals surface area contributed by atoms with E-state index in [0.29, 0.717) is 18.4 Å². The van der Waals surface area contributed by atoms with E-state index in [1.807, 2.05) is 0 Å². The minimum Gasteiger partial charge on any atom is -0.481 e. The molecule has 1 heterocycles. The molecular formula is C12H9F2NO3. The van der Waals surface area contributed by atoms with Crippen LogP contribution in [-0.2, 0) is 20.9 Å². The first kappa shape index (κ1) is 11.1. The fourth-order valence-corrected chi connectivity index (χ4v) is 2.28. The number of aliphatic carboxylic acids is 1. The van der Waals surface area contributed by atoms with E-state index in [2.05, 4.69) is 5.32 Å². The van der Waals surface area contributed by atoms with Gasteiger partial charge in [0.05, 0.1) is 16.7 Å². The summed E-state index contributed by atoms with van der Waals surface area (Å²) in [6.07, 6.45) is 0.877. The summed E-state index contributed by atoms with van der Waals surface area (Å²) in [6.45, 7) is 0. The lowest BCUT2D eigenvalue weighted by Crippen LogP contribution is -2.24. The van der Waals surface area contributed by atoms with Gasteiger partial charge in [-0.3, -0.25) is 9.59 Å². The predicted molar refractivity (Wildman–Crippen MR) is 57.5 cm³/mol. The van der Waals surface area contributed by atoms with Gasteiger partial charge in [-0.1, -0.05) is 6.07 Å². The first-order valence-electron chi connectivity index (χ1n) is 5.45. The van der Waals surface area contributed by atoms with Gasteiger partial charge in [-0.05, 0) is 30.5 Å². The van der Waals surface area contributed by atoms with E-state index in [4.69, 9.17) is 5.11 Å². The van der Waals surface area contributed by atoms with Crippen LogP contribution in [0, 0.1) is 0 Å². The second kappa shape index (κ2) is 3.07. The van der Waals surface area contributed by atoms with E-state index >= 15 is 0 Å². The van der Waals surface area contributed by atoms with Crippen LogP contribution in [0.3, 0.4) is 0 Å². The van der Waals surface area contributed by atoms with E-state index < -0.39 is 28.8 Å². The zero-order valence-electron chi connectivity index (χ0n) is 9.17. The number of carbonyl (C=O) groups excluding carboxylic acids is 1. The molecule has 2 aliphatic rings. The van der Waals surface area contributed by atoms with Crippen molar-refractivity contribution in [3.63, 3.8) is 0 Å². The van der Waals surface area contributed by atoms with Crippen molar-refractivity contribution in [2.24, 2.45) is 0 Å². The molecule has 0 atom stereocenters. The van der Waals surface area contributed by atoms with Gasteiger partial charge in [0.1, 0.15) is 0 Å². The van der Waals surface area contributed by atoms with Crippen molar-refractivity contribution >= 4 is 17.6 Å². The summed E-state index contributed by atoms with van der Waals surface area (Å²) in [5.41, 5.74) is -1.09. The molecule has 0 spiro atoms. The van der Waals surface area contributed by atoms with Crippen LogP contribution in [0.15, 0.2) is 18.2 Å². The van der Waals surface area contributed by atoms with Crippen LogP contribution >= 0.6 is 0 Å². The average molecular weight is 253 g/mol. The minimum absolute atomic E-state index is 0.0509. The van der Waals surface area contributed by atoms with Gasteiger partial charge in [0.2, 0.25) is 0 Å². The molecule has 1 aliphatic carbocycles. The maximum absolute atomic E-state index is 13.6. The molecule has 4 nitrogen and oxygen atoms in total. The lowest BCUT2D eigenvalue weighted by Gasteiger charge is -2.13. The highest BCUT2D eigenvalue weighted by Gasteiger charge is 2.54. The number of rotatable bonds is 2. The quantitative estimate of drug-likeness (QED) is 0.845. The number of hydrogen-bond acceptors (Lipinski definition) is 2. The van der Waals surface area contributed by atoms with Crippen LogP contribution in [0.2, 0.25) is 0 Å². The maximum Gasteiger partial charge on any atom is 0.352 e. The Morgan fingerprint density at radius 2 is 2.00 bits per heavy atom. The normalized spacial score (nSPS) is 22.2. The second-order valence-corrected chi connectivity index (χ2v) is 4.68. The Bertz CT molecular complexity index is 579. The molecule has 2 N–H and O–H groups in total. The molecule has 1 amide bonds. The Labute approximate surface area is 101 Å². The molecule has 0 saturated heterocycles. The molecule has 1 aromatic rings. The van der Waals surface area contributed by atoms with Crippen LogP contribution in [0.5, 0.6) is 0 Å². The fraction of sp³-hybridized carbons (Fsp3) is 0.333. The summed E-state index contributed by atoms with van der Waals surface area (Å²) in [5, 5.41) is 11.2. The van der Waals surface area contributed by atoms with Gasteiger partial charge >= 0.3 is 11.9 Å². The number of halogens is 2. The van der Waals surface area contributed by atoms with Crippen LogP contribution in [-0.4, -0.2) is 17.0 Å². The Morgan fingerprint density at radius 3 is 2.56 bits per heavy atom. The molecule has 6 heteroatoms. The highest BCUT2D eigenvalue weighted by molar-refractivity contribution is 6.04. The first-order valence-corrected chi connectivity index (χ1v) is 5.45. The summed E-state index contributed by atoms with van der Waals surface area (Å²) in [7, 11) is 0. The van der Waals surface area contributed by atoms with Gasteiger partial charge in [-0.25, -0.2) is 0 Å². The number of carboxylic acid groups (broad SMARTS) is 1. The van der Waals surface area contributed by atoms with Crippen molar-refractivity contribution in [2.75, 3.05) is 5.32 Å². The van der Waals surface area contributed by atoms with Crippen molar-refractivity contribution in [1.29, 1.82) is 0 Å². The third kappa shape index (κ3) is 1.23. The molecule has 0 unspecified atom stereocenters. The van der Waals surface area contributed by atoms with Crippen molar-refractivity contribution in [3.8, 4) is 0 Å². The zero-order valence-corrected chi connectivity index (χ0v) is 9.17. The van der Waals surface area contributed by atoms with Crippen LogP contribution < -0.4 is 5.32 Å². The van der Waals surface area contributed by atoms with Gasteiger partial charge < -0.3 is 10.4 Å². The van der Waals surface area contributed by atoms with Crippen molar-refractivity contribution < 1.29 is 23.5 Å². The Morgan fingerprint density at radius 1 is 1.33 bits per heavy atom. The molecule has 94 valence electrons. The molecule has 18 heavy (non-hydrogen) atoms. The van der Waals surface area contributed by atoms with Crippen LogP contribution in [0.4, 0.5) is 14.5 Å². The Kier molecular flexibility index (Phi) is 1.90. The number of alkyl halides is 2. The smallest absolute Gasteiger partial charge is 0.352 e. The maximum atomic E-state index is 13.6. The first-order chi connectivity index (χ1) is 8.38. The molecule has 1 fully saturated rings. The Hall–Kier alpha value is -1.98. The van der Waals surface area contributed by atoms with Crippen molar-refractivity contribution in [2.45, 2.75) is 24.2 Å². The van der Waals surface area contributed by atoms with Gasteiger partial charge in [-0.2, -0.15) is 8.78 Å². The number of carbonyl (C=O) groups is 2. The topological polar surface area (TPSA) is 66.4 Å². The summed E-state index contributed by atoms with van der Waals surface area (Å²) in [4.78, 5) is 22.2. The number of hydrogen-bond donors (Lipinski definition) is 2. The van der Waals surface area contributed by atoms with E-state index in [1.54, 1.807) is 0 Å². The van der Waals surface area contributed by atoms with E-state index in [1.165, 1.54) is 12.1 Å². The van der Waals surface area contributed by atoms with E-state index in [9.17, 15) is 18.4 Å². The van der Waals surface area contributed by atoms with Crippen LogP contribution in [0.25, 0.3) is 0 Å². The number of nitrogens with one attached hydrogen (secondary N) is 1. The van der Waals surface area contributed by atoms with Gasteiger partial charge in [-0.15, -0.1) is 0 Å². The lowest BCUT2D eigenvalue weighted by atomic mass is 9.93. The highest BCUT2D eigenvalue weighted by Crippen LogP contribution is 2.51. The SMILES string of the molecule is O=C1Nc2ccc(C3(C(=O)O)CC3)cc2C1(F)F. The van der Waals surface area contributed by atoms with E-state index in [-0.39, 0.29) is 5.69 Å². The molecule has 1 aliphatic heterocycles. The van der Waals surface area contributed by atoms with Gasteiger partial charge in [0.15, 0.2) is 0 Å². The summed E-state index contributed by atoms with van der Waals surface area (Å²) in [6, 6.07) is 3.96. The molecule has 0 bridgehead atoms. The van der Waals surface area contributed by atoms with E-state index in [0.717, 1.165) is 6.07 Å². The third-order valence-corrected chi connectivity index (χ3v) is 3.60. The number of amides is 1. The number of carboxylic acids is 1. The van der Waals surface area contributed by atoms with Gasteiger partial charge in [0.25, 0.3) is 5.91 Å². The summed E-state index contributed by atoms with van der Waals surface area (Å²) < 4.78 is 27.1. The minimum atomic E-state index is -3.58. The fourth-order valence-electron chi connectivity index (χ4n) is 2.28.